The average Bonchev–Trinajstić information content (AvgIpc) is 3.24. The van der Waals surface area contributed by atoms with Crippen LogP contribution in [0.2, 0.25) is 0 Å². The molecule has 0 saturated carbocycles. The highest BCUT2D eigenvalue weighted by Crippen LogP contribution is 2.40. The maximum Gasteiger partial charge on any atom is 0.295 e. The molecule has 0 aliphatic carbocycles. The Kier molecular flexibility index (Phi) is 8.48. The highest BCUT2D eigenvalue weighted by molar-refractivity contribution is 6.46. The Morgan fingerprint density at radius 1 is 0.950 bits per heavy atom. The van der Waals surface area contributed by atoms with Gasteiger partial charge in [0.15, 0.2) is 0 Å². The number of carbonyl (C=O) groups is 2. The molecule has 8 nitrogen and oxygen atoms in total. The molecule has 2 saturated heterocycles. The van der Waals surface area contributed by atoms with E-state index in [1.165, 1.54) is 0 Å². The van der Waals surface area contributed by atoms with Crippen LogP contribution in [0.25, 0.3) is 5.76 Å². The number of hydrogen-bond acceptors (Lipinski definition) is 7. The lowest BCUT2D eigenvalue weighted by Crippen LogP contribution is -2.42. The fraction of sp³-hybridized carbons (Fsp3) is 0.312. The smallest absolute Gasteiger partial charge is 0.295 e. The van der Waals surface area contributed by atoms with Gasteiger partial charge in [0.05, 0.1) is 31.9 Å². The molecule has 3 aromatic carbocycles. The molecule has 2 aliphatic heterocycles. The molecule has 0 aromatic heterocycles. The predicted octanol–water partition coefficient (Wildman–Crippen LogP) is 4.34. The van der Waals surface area contributed by atoms with Gasteiger partial charge in [-0.25, -0.2) is 0 Å². The number of benzene rings is 3. The summed E-state index contributed by atoms with van der Waals surface area (Å²) in [5.74, 6) is -0.308. The van der Waals surface area contributed by atoms with E-state index in [0.29, 0.717) is 55.5 Å². The van der Waals surface area contributed by atoms with Crippen LogP contribution in [0.4, 0.5) is 0 Å². The molecular weight excluding hydrogens is 508 g/mol. The topological polar surface area (TPSA) is 88.5 Å². The van der Waals surface area contributed by atoms with Crippen LogP contribution < -0.4 is 9.47 Å². The van der Waals surface area contributed by atoms with Crippen LogP contribution >= 0.6 is 0 Å². The third-order valence-corrected chi connectivity index (χ3v) is 7.33. The fourth-order valence-electron chi connectivity index (χ4n) is 5.18. The minimum absolute atomic E-state index is 0.0636. The Morgan fingerprint density at radius 2 is 1.70 bits per heavy atom. The molecule has 2 aliphatic rings. The zero-order valence-electron chi connectivity index (χ0n) is 22.8. The van der Waals surface area contributed by atoms with Gasteiger partial charge in [0.25, 0.3) is 11.7 Å². The van der Waals surface area contributed by atoms with E-state index in [0.717, 1.165) is 24.2 Å². The van der Waals surface area contributed by atoms with Gasteiger partial charge in [-0.3, -0.25) is 14.5 Å². The fourth-order valence-corrected chi connectivity index (χ4v) is 5.18. The third kappa shape index (κ3) is 6.03. The van der Waals surface area contributed by atoms with Gasteiger partial charge in [-0.2, -0.15) is 0 Å². The number of ketones is 1. The zero-order chi connectivity index (χ0) is 28.1. The molecular formula is C32H34N2O6. The van der Waals surface area contributed by atoms with Crippen molar-refractivity contribution in [2.24, 2.45) is 0 Å². The lowest BCUT2D eigenvalue weighted by molar-refractivity contribution is -0.140. The maximum absolute atomic E-state index is 13.4. The summed E-state index contributed by atoms with van der Waals surface area (Å²) < 4.78 is 16.8. The number of amides is 1. The van der Waals surface area contributed by atoms with Crippen molar-refractivity contribution < 1.29 is 28.9 Å². The van der Waals surface area contributed by atoms with Gasteiger partial charge in [-0.05, 0) is 54.4 Å². The van der Waals surface area contributed by atoms with Crippen molar-refractivity contribution in [2.75, 3.05) is 46.5 Å². The van der Waals surface area contributed by atoms with Crippen LogP contribution in [0.15, 0.2) is 78.4 Å². The number of ether oxygens (including phenoxy) is 3. The number of hydrogen-bond donors (Lipinski definition) is 1. The lowest BCUT2D eigenvalue weighted by Gasteiger charge is -2.31. The van der Waals surface area contributed by atoms with Crippen LogP contribution in [0, 0.1) is 6.92 Å². The van der Waals surface area contributed by atoms with Crippen molar-refractivity contribution >= 4 is 17.4 Å². The Hall–Kier alpha value is -4.14. The van der Waals surface area contributed by atoms with Gasteiger partial charge in [-0.15, -0.1) is 0 Å². The van der Waals surface area contributed by atoms with Crippen LogP contribution in [0.1, 0.15) is 28.3 Å². The molecule has 8 heteroatoms. The molecule has 0 radical (unpaired) electrons. The third-order valence-electron chi connectivity index (χ3n) is 7.33. The van der Waals surface area contributed by atoms with E-state index in [1.54, 1.807) is 48.4 Å². The molecule has 0 bridgehead atoms. The zero-order valence-corrected chi connectivity index (χ0v) is 22.8. The van der Waals surface area contributed by atoms with Crippen LogP contribution in [-0.2, 0) is 20.9 Å². The van der Waals surface area contributed by atoms with Crippen molar-refractivity contribution in [3.05, 3.63) is 101 Å². The molecule has 0 spiro atoms. The van der Waals surface area contributed by atoms with Crippen molar-refractivity contribution in [1.29, 1.82) is 0 Å². The van der Waals surface area contributed by atoms with Crippen molar-refractivity contribution in [2.45, 2.75) is 19.6 Å². The Morgan fingerprint density at radius 3 is 2.42 bits per heavy atom. The minimum Gasteiger partial charge on any atom is -0.507 e. The average molecular weight is 543 g/mol. The molecule has 1 amide bonds. The first-order chi connectivity index (χ1) is 19.4. The SMILES string of the molecule is COc1cccc([C@H]2C(=C(O)c3ccc(OCc4cccc(C)c4)cc3)C(=O)C(=O)N2CCN2CCOCC2)c1. The summed E-state index contributed by atoms with van der Waals surface area (Å²) in [5.41, 5.74) is 3.41. The van der Waals surface area contributed by atoms with Gasteiger partial charge in [0, 0.05) is 31.7 Å². The van der Waals surface area contributed by atoms with Crippen LogP contribution in [0.3, 0.4) is 0 Å². The standard InChI is InChI=1S/C32H34N2O6/c1-22-5-3-6-23(19-22)21-40-26-11-9-24(10-12-26)30(35)28-29(25-7-4-8-27(20-25)38-2)34(32(37)31(28)36)14-13-33-15-17-39-18-16-33/h3-12,19-20,29,35H,13-18,21H2,1-2H3/t29-/m0/s1. The second-order valence-corrected chi connectivity index (χ2v) is 10.0. The monoisotopic (exact) mass is 542 g/mol. The number of aliphatic hydroxyl groups is 1. The molecule has 208 valence electrons. The summed E-state index contributed by atoms with van der Waals surface area (Å²) in [7, 11) is 1.57. The number of morpholine rings is 1. The minimum atomic E-state index is -0.742. The normalized spacial score (nSPS) is 19.1. The first-order valence-corrected chi connectivity index (χ1v) is 13.5. The molecule has 1 N–H and O–H groups in total. The Labute approximate surface area is 234 Å². The number of rotatable bonds is 9. The summed E-state index contributed by atoms with van der Waals surface area (Å²) in [4.78, 5) is 30.4. The first-order valence-electron chi connectivity index (χ1n) is 13.5. The summed E-state index contributed by atoms with van der Waals surface area (Å²) >= 11 is 0. The molecule has 40 heavy (non-hydrogen) atoms. The number of aliphatic hydroxyl groups excluding tert-OH is 1. The van der Waals surface area contributed by atoms with Crippen LogP contribution in [-0.4, -0.2) is 73.1 Å². The van der Waals surface area contributed by atoms with E-state index < -0.39 is 17.7 Å². The summed E-state index contributed by atoms with van der Waals surface area (Å²) in [6, 6.07) is 21.5. The van der Waals surface area contributed by atoms with Crippen molar-refractivity contribution in [3.8, 4) is 11.5 Å². The van der Waals surface area contributed by atoms with Gasteiger partial charge < -0.3 is 24.2 Å². The molecule has 3 aromatic rings. The van der Waals surface area contributed by atoms with E-state index >= 15 is 0 Å². The summed E-state index contributed by atoms with van der Waals surface area (Å²) in [6.07, 6.45) is 0. The van der Waals surface area contributed by atoms with E-state index in [1.807, 2.05) is 37.3 Å². The number of aryl methyl sites for hydroxylation is 1. The van der Waals surface area contributed by atoms with Gasteiger partial charge >= 0.3 is 0 Å². The van der Waals surface area contributed by atoms with Gasteiger partial charge in [-0.1, -0.05) is 42.0 Å². The van der Waals surface area contributed by atoms with E-state index in [9.17, 15) is 14.7 Å². The number of likely N-dealkylation sites (tertiary alicyclic amines) is 1. The second kappa shape index (κ2) is 12.4. The van der Waals surface area contributed by atoms with E-state index in [-0.39, 0.29) is 11.3 Å². The number of Topliss-reactive ketones (excluding diaryl/α,β-unsaturated/α-hetero) is 1. The molecule has 1 atom stereocenters. The van der Waals surface area contributed by atoms with Gasteiger partial charge in [0.1, 0.15) is 23.9 Å². The maximum atomic E-state index is 13.4. The largest absolute Gasteiger partial charge is 0.507 e. The number of nitrogens with zero attached hydrogens (tertiary/aromatic N) is 2. The number of methoxy groups -OCH3 is 1. The van der Waals surface area contributed by atoms with Gasteiger partial charge in [0.2, 0.25) is 0 Å². The molecule has 5 rings (SSSR count). The highest BCUT2D eigenvalue weighted by atomic mass is 16.5. The van der Waals surface area contributed by atoms with E-state index in [2.05, 4.69) is 11.0 Å². The summed E-state index contributed by atoms with van der Waals surface area (Å²) in [5, 5.41) is 11.4. The lowest BCUT2D eigenvalue weighted by atomic mass is 9.95. The van der Waals surface area contributed by atoms with Crippen molar-refractivity contribution in [1.82, 2.24) is 9.80 Å². The quantitative estimate of drug-likeness (QED) is 0.245. The van der Waals surface area contributed by atoms with Crippen LogP contribution in [0.5, 0.6) is 11.5 Å². The summed E-state index contributed by atoms with van der Waals surface area (Å²) in [6.45, 7) is 6.21. The second-order valence-electron chi connectivity index (χ2n) is 10.0. The highest BCUT2D eigenvalue weighted by Gasteiger charge is 2.46. The van der Waals surface area contributed by atoms with E-state index in [4.69, 9.17) is 14.2 Å². The Balaban J connectivity index is 1.42. The predicted molar refractivity (Wildman–Crippen MR) is 151 cm³/mol. The number of carbonyl (C=O) groups excluding carboxylic acids is 2. The molecule has 0 unspecified atom stereocenters. The molecule has 2 heterocycles. The van der Waals surface area contributed by atoms with Crippen molar-refractivity contribution in [3.63, 3.8) is 0 Å². The Bertz CT molecular complexity index is 1390. The molecule has 2 fully saturated rings. The first kappa shape index (κ1) is 27.4.